The van der Waals surface area contributed by atoms with Gasteiger partial charge in [0.25, 0.3) is 0 Å². The van der Waals surface area contributed by atoms with E-state index in [9.17, 15) is 5.11 Å². The minimum atomic E-state index is -0.394. The van der Waals surface area contributed by atoms with Gasteiger partial charge in [0, 0.05) is 12.6 Å². The Morgan fingerprint density at radius 2 is 1.59 bits per heavy atom. The van der Waals surface area contributed by atoms with Crippen LogP contribution in [0.15, 0.2) is 0 Å². The lowest BCUT2D eigenvalue weighted by Gasteiger charge is -2.36. The molecule has 0 spiro atoms. The van der Waals surface area contributed by atoms with E-state index in [4.69, 9.17) is 0 Å². The predicted molar refractivity (Wildman–Crippen MR) is 69.8 cm³/mol. The lowest BCUT2D eigenvalue weighted by Crippen LogP contribution is -2.47. The standard InChI is InChI=1S/C15H27NO/c1-11-6-8-15(17,9-7-11)10-16-14(12-2-3-12)13-4-5-13/h11-14,16-17H,2-10H2,1H3. The predicted octanol–water partition coefficient (Wildman–Crippen LogP) is 2.71. The van der Waals surface area contributed by atoms with Crippen molar-refractivity contribution < 1.29 is 5.11 Å². The lowest BCUT2D eigenvalue weighted by molar-refractivity contribution is -0.00922. The van der Waals surface area contributed by atoms with E-state index in [1.165, 1.54) is 38.5 Å². The molecule has 3 aliphatic rings. The Labute approximate surface area is 105 Å². The van der Waals surface area contributed by atoms with Crippen molar-refractivity contribution in [1.29, 1.82) is 0 Å². The normalized spacial score (nSPS) is 38.6. The molecule has 0 aliphatic heterocycles. The first-order valence-corrected chi connectivity index (χ1v) is 7.62. The Morgan fingerprint density at radius 3 is 2.06 bits per heavy atom. The van der Waals surface area contributed by atoms with Gasteiger partial charge >= 0.3 is 0 Å². The number of nitrogens with one attached hydrogen (secondary N) is 1. The molecule has 3 fully saturated rings. The van der Waals surface area contributed by atoms with Crippen LogP contribution in [0.25, 0.3) is 0 Å². The highest BCUT2D eigenvalue weighted by Crippen LogP contribution is 2.44. The van der Waals surface area contributed by atoms with Crippen molar-refractivity contribution in [2.45, 2.75) is 69.9 Å². The molecule has 0 atom stereocenters. The Morgan fingerprint density at radius 1 is 1.06 bits per heavy atom. The van der Waals surface area contributed by atoms with E-state index < -0.39 is 5.60 Å². The second-order valence-corrected chi connectivity index (χ2v) is 6.99. The van der Waals surface area contributed by atoms with E-state index in [2.05, 4.69) is 12.2 Å². The molecule has 0 unspecified atom stereocenters. The first-order chi connectivity index (χ1) is 8.16. The van der Waals surface area contributed by atoms with E-state index >= 15 is 0 Å². The number of hydrogen-bond donors (Lipinski definition) is 2. The maximum atomic E-state index is 10.6. The maximum absolute atomic E-state index is 10.6. The summed E-state index contributed by atoms with van der Waals surface area (Å²) in [7, 11) is 0. The summed E-state index contributed by atoms with van der Waals surface area (Å²) in [6.45, 7) is 3.15. The van der Waals surface area contributed by atoms with E-state index in [1.54, 1.807) is 0 Å². The third-order valence-electron chi connectivity index (χ3n) is 5.13. The van der Waals surface area contributed by atoms with Crippen molar-refractivity contribution in [3.63, 3.8) is 0 Å². The maximum Gasteiger partial charge on any atom is 0.0771 e. The zero-order chi connectivity index (χ0) is 11.9. The van der Waals surface area contributed by atoms with Crippen LogP contribution in [0.5, 0.6) is 0 Å². The van der Waals surface area contributed by atoms with Crippen molar-refractivity contribution in [2.24, 2.45) is 17.8 Å². The summed E-state index contributed by atoms with van der Waals surface area (Å²) in [5, 5.41) is 14.3. The topological polar surface area (TPSA) is 32.3 Å². The molecule has 3 aliphatic carbocycles. The van der Waals surface area contributed by atoms with Gasteiger partial charge < -0.3 is 10.4 Å². The summed E-state index contributed by atoms with van der Waals surface area (Å²) in [6, 6.07) is 0.735. The van der Waals surface area contributed by atoms with Crippen LogP contribution >= 0.6 is 0 Å². The van der Waals surface area contributed by atoms with Crippen molar-refractivity contribution in [1.82, 2.24) is 5.32 Å². The largest absolute Gasteiger partial charge is 0.389 e. The fourth-order valence-electron chi connectivity index (χ4n) is 3.41. The summed E-state index contributed by atoms with van der Waals surface area (Å²) >= 11 is 0. The molecule has 0 aromatic heterocycles. The van der Waals surface area contributed by atoms with E-state index in [0.29, 0.717) is 0 Å². The molecule has 0 saturated heterocycles. The number of aliphatic hydroxyl groups is 1. The quantitative estimate of drug-likeness (QED) is 0.770. The number of hydrogen-bond acceptors (Lipinski definition) is 2. The molecule has 2 heteroatoms. The van der Waals surface area contributed by atoms with Gasteiger partial charge in [0.15, 0.2) is 0 Å². The van der Waals surface area contributed by atoms with Crippen LogP contribution in [0, 0.1) is 17.8 Å². The fourth-order valence-corrected chi connectivity index (χ4v) is 3.41. The summed E-state index contributed by atoms with van der Waals surface area (Å²) in [4.78, 5) is 0. The average molecular weight is 237 g/mol. The molecule has 3 saturated carbocycles. The van der Waals surface area contributed by atoms with E-state index in [-0.39, 0.29) is 0 Å². The van der Waals surface area contributed by atoms with Crippen LogP contribution in [-0.2, 0) is 0 Å². The molecule has 0 aromatic carbocycles. The van der Waals surface area contributed by atoms with Crippen molar-refractivity contribution in [2.75, 3.05) is 6.54 Å². The van der Waals surface area contributed by atoms with Gasteiger partial charge in [-0.05, 0) is 69.1 Å². The van der Waals surface area contributed by atoms with Gasteiger partial charge in [0.05, 0.1) is 5.60 Å². The molecule has 98 valence electrons. The van der Waals surface area contributed by atoms with Gasteiger partial charge in [-0.1, -0.05) is 6.92 Å². The van der Waals surface area contributed by atoms with E-state index in [0.717, 1.165) is 43.2 Å². The van der Waals surface area contributed by atoms with Gasteiger partial charge in [-0.3, -0.25) is 0 Å². The van der Waals surface area contributed by atoms with Crippen molar-refractivity contribution in [3.8, 4) is 0 Å². The lowest BCUT2D eigenvalue weighted by atomic mass is 9.79. The van der Waals surface area contributed by atoms with Gasteiger partial charge in [-0.25, -0.2) is 0 Å². The first-order valence-electron chi connectivity index (χ1n) is 7.62. The molecule has 0 aromatic rings. The Kier molecular flexibility index (Phi) is 3.20. The molecule has 0 bridgehead atoms. The third-order valence-corrected chi connectivity index (χ3v) is 5.13. The summed E-state index contributed by atoms with van der Waals surface area (Å²) in [6.07, 6.45) is 10.1. The third kappa shape index (κ3) is 3.03. The van der Waals surface area contributed by atoms with Crippen molar-refractivity contribution >= 4 is 0 Å². The smallest absolute Gasteiger partial charge is 0.0771 e. The zero-order valence-electron chi connectivity index (χ0n) is 11.1. The molecular weight excluding hydrogens is 210 g/mol. The van der Waals surface area contributed by atoms with Crippen LogP contribution in [0.3, 0.4) is 0 Å². The first kappa shape index (κ1) is 12.0. The molecule has 0 radical (unpaired) electrons. The molecule has 2 N–H and O–H groups in total. The van der Waals surface area contributed by atoms with Gasteiger partial charge in [0.1, 0.15) is 0 Å². The van der Waals surface area contributed by atoms with Crippen molar-refractivity contribution in [3.05, 3.63) is 0 Å². The number of rotatable bonds is 5. The van der Waals surface area contributed by atoms with E-state index in [1.807, 2.05) is 0 Å². The monoisotopic (exact) mass is 237 g/mol. The molecule has 0 amide bonds. The Bertz CT molecular complexity index is 250. The molecule has 2 nitrogen and oxygen atoms in total. The summed E-state index contributed by atoms with van der Waals surface area (Å²) < 4.78 is 0. The second kappa shape index (κ2) is 4.55. The van der Waals surface area contributed by atoms with Gasteiger partial charge in [0.2, 0.25) is 0 Å². The highest BCUT2D eigenvalue weighted by Gasteiger charge is 2.42. The zero-order valence-corrected chi connectivity index (χ0v) is 11.1. The van der Waals surface area contributed by atoms with Crippen LogP contribution < -0.4 is 5.32 Å². The minimum absolute atomic E-state index is 0.394. The Balaban J connectivity index is 1.48. The Hall–Kier alpha value is -0.0800. The van der Waals surface area contributed by atoms with Crippen LogP contribution in [-0.4, -0.2) is 23.3 Å². The fraction of sp³-hybridized carbons (Fsp3) is 1.00. The van der Waals surface area contributed by atoms with Crippen LogP contribution in [0.4, 0.5) is 0 Å². The van der Waals surface area contributed by atoms with Gasteiger partial charge in [-0.15, -0.1) is 0 Å². The molecular formula is C15H27NO. The second-order valence-electron chi connectivity index (χ2n) is 6.99. The SMILES string of the molecule is CC1CCC(O)(CNC(C2CC2)C2CC2)CC1. The van der Waals surface area contributed by atoms with Gasteiger partial charge in [-0.2, -0.15) is 0 Å². The molecule has 3 rings (SSSR count). The van der Waals surface area contributed by atoms with Crippen LogP contribution in [0.2, 0.25) is 0 Å². The highest BCUT2D eigenvalue weighted by atomic mass is 16.3. The highest BCUT2D eigenvalue weighted by molar-refractivity contribution is 4.98. The summed E-state index contributed by atoms with van der Waals surface area (Å²) in [5.41, 5.74) is -0.394. The molecule has 0 heterocycles. The average Bonchev–Trinajstić information content (AvgIpc) is 3.14. The van der Waals surface area contributed by atoms with Crippen LogP contribution in [0.1, 0.15) is 58.3 Å². The summed E-state index contributed by atoms with van der Waals surface area (Å²) in [5.74, 6) is 2.69. The minimum Gasteiger partial charge on any atom is -0.389 e. The molecule has 17 heavy (non-hydrogen) atoms.